The van der Waals surface area contributed by atoms with Gasteiger partial charge in [0.1, 0.15) is 5.75 Å². The third-order valence-electron chi connectivity index (χ3n) is 4.73. The Hall–Kier alpha value is -2.79. The van der Waals surface area contributed by atoms with Crippen molar-refractivity contribution >= 4 is 29.0 Å². The molecule has 5 nitrogen and oxygen atoms in total. The first-order chi connectivity index (χ1) is 13.6. The number of carbonyl (C=O) groups excluding carboxylic acids is 2. The lowest BCUT2D eigenvalue weighted by atomic mass is 9.82. The number of Topliss-reactive ketones (excluding diaryl/α,β-unsaturated/α-hetero) is 1. The summed E-state index contributed by atoms with van der Waals surface area (Å²) in [5, 5.41) is 11.2. The minimum absolute atomic E-state index is 0.0895. The highest BCUT2D eigenvalue weighted by Gasteiger charge is 2.46. The Balaban J connectivity index is 2.18. The highest BCUT2D eigenvalue weighted by molar-refractivity contribution is 6.30. The molecule has 6 heteroatoms. The number of ketones is 1. The first kappa shape index (κ1) is 20.9. The summed E-state index contributed by atoms with van der Waals surface area (Å²) < 4.78 is 5.55. The van der Waals surface area contributed by atoms with Crippen LogP contribution in [0.2, 0.25) is 5.02 Å². The number of halogens is 1. The van der Waals surface area contributed by atoms with E-state index < -0.39 is 23.1 Å². The zero-order valence-electron chi connectivity index (χ0n) is 16.9. The number of ether oxygens (including phenoxy) is 1. The van der Waals surface area contributed by atoms with Crippen LogP contribution < -0.4 is 9.64 Å². The van der Waals surface area contributed by atoms with E-state index in [1.165, 1.54) is 4.90 Å². The molecular weight excluding hydrogens is 390 g/mol. The summed E-state index contributed by atoms with van der Waals surface area (Å²) in [4.78, 5) is 27.7. The number of carbonyl (C=O) groups is 2. The fraction of sp³-hybridized carbons (Fsp3) is 0.304. The number of amides is 1. The second-order valence-electron chi connectivity index (χ2n) is 7.90. The summed E-state index contributed by atoms with van der Waals surface area (Å²) >= 11 is 6.03. The summed E-state index contributed by atoms with van der Waals surface area (Å²) in [6.07, 6.45) is 0. The van der Waals surface area contributed by atoms with Gasteiger partial charge in [-0.05, 0) is 36.8 Å². The number of benzene rings is 2. The standard InChI is InChI=1S/C23H24ClNO4/c1-5-29-17-8-6-7-16(13-17)25-19(14-9-11-15(24)12-10-14)18(20(26)22(25)28)21(27)23(2,3)4/h6-13,19,26H,5H2,1-4H3. The van der Waals surface area contributed by atoms with Gasteiger partial charge in [-0.2, -0.15) is 0 Å². The van der Waals surface area contributed by atoms with Crippen molar-refractivity contribution in [1.82, 2.24) is 0 Å². The Morgan fingerprint density at radius 2 is 1.83 bits per heavy atom. The average Bonchev–Trinajstić information content (AvgIpc) is 2.92. The molecule has 1 atom stereocenters. The van der Waals surface area contributed by atoms with E-state index in [0.29, 0.717) is 28.6 Å². The van der Waals surface area contributed by atoms with Crippen LogP contribution in [0.1, 0.15) is 39.3 Å². The quantitative estimate of drug-likeness (QED) is 0.726. The first-order valence-corrected chi connectivity index (χ1v) is 9.82. The molecule has 1 aliphatic rings. The van der Waals surface area contributed by atoms with Gasteiger partial charge in [-0.25, -0.2) is 0 Å². The van der Waals surface area contributed by atoms with Crippen LogP contribution >= 0.6 is 11.6 Å². The van der Waals surface area contributed by atoms with Gasteiger partial charge in [-0.1, -0.05) is 50.6 Å². The van der Waals surface area contributed by atoms with Gasteiger partial charge in [0.25, 0.3) is 5.91 Å². The van der Waals surface area contributed by atoms with Crippen LogP contribution in [0.4, 0.5) is 5.69 Å². The van der Waals surface area contributed by atoms with Crippen molar-refractivity contribution < 1.29 is 19.4 Å². The second-order valence-corrected chi connectivity index (χ2v) is 8.34. The van der Waals surface area contributed by atoms with Crippen LogP contribution in [0.5, 0.6) is 5.75 Å². The number of hydrogen-bond donors (Lipinski definition) is 1. The van der Waals surface area contributed by atoms with Gasteiger partial charge >= 0.3 is 0 Å². The molecule has 0 bridgehead atoms. The van der Waals surface area contributed by atoms with Crippen LogP contribution in [0.3, 0.4) is 0 Å². The number of rotatable bonds is 5. The smallest absolute Gasteiger partial charge is 0.294 e. The molecule has 1 amide bonds. The molecule has 0 saturated heterocycles. The normalized spacial score (nSPS) is 17.1. The van der Waals surface area contributed by atoms with Crippen molar-refractivity contribution in [3.05, 3.63) is 70.4 Å². The first-order valence-electron chi connectivity index (χ1n) is 9.45. The number of aliphatic hydroxyl groups is 1. The molecule has 2 aromatic rings. The van der Waals surface area contributed by atoms with Crippen LogP contribution in [0, 0.1) is 5.41 Å². The molecule has 0 aromatic heterocycles. The van der Waals surface area contributed by atoms with E-state index in [1.807, 2.05) is 6.92 Å². The zero-order valence-corrected chi connectivity index (χ0v) is 17.7. The molecule has 1 heterocycles. The van der Waals surface area contributed by atoms with Crippen molar-refractivity contribution in [2.24, 2.45) is 5.41 Å². The van der Waals surface area contributed by atoms with Crippen LogP contribution in [-0.4, -0.2) is 23.4 Å². The van der Waals surface area contributed by atoms with Crippen LogP contribution in [0.15, 0.2) is 59.9 Å². The van der Waals surface area contributed by atoms with Gasteiger partial charge in [-0.15, -0.1) is 0 Å². The lowest BCUT2D eigenvalue weighted by molar-refractivity contribution is -0.123. The second kappa shape index (κ2) is 7.91. The van der Waals surface area contributed by atoms with E-state index in [0.717, 1.165) is 0 Å². The summed E-state index contributed by atoms with van der Waals surface area (Å²) in [6.45, 7) is 7.64. The van der Waals surface area contributed by atoms with Gasteiger partial charge in [0, 0.05) is 22.2 Å². The van der Waals surface area contributed by atoms with Gasteiger partial charge in [0.05, 0.1) is 18.2 Å². The fourth-order valence-electron chi connectivity index (χ4n) is 3.36. The molecule has 29 heavy (non-hydrogen) atoms. The molecule has 2 aromatic carbocycles. The predicted octanol–water partition coefficient (Wildman–Crippen LogP) is 5.25. The maximum absolute atomic E-state index is 13.2. The van der Waals surface area contributed by atoms with E-state index in [-0.39, 0.29) is 11.4 Å². The minimum atomic E-state index is -0.766. The third kappa shape index (κ3) is 4.01. The molecule has 0 saturated carbocycles. The summed E-state index contributed by atoms with van der Waals surface area (Å²) in [7, 11) is 0. The van der Waals surface area contributed by atoms with E-state index >= 15 is 0 Å². The largest absolute Gasteiger partial charge is 0.503 e. The lowest BCUT2D eigenvalue weighted by Gasteiger charge is -2.29. The van der Waals surface area contributed by atoms with Gasteiger partial charge in [0.2, 0.25) is 0 Å². The van der Waals surface area contributed by atoms with E-state index in [9.17, 15) is 14.7 Å². The molecular formula is C23H24ClNO4. The van der Waals surface area contributed by atoms with Crippen molar-refractivity contribution in [3.8, 4) is 5.75 Å². The molecule has 152 valence electrons. The van der Waals surface area contributed by atoms with Crippen LogP contribution in [0.25, 0.3) is 0 Å². The average molecular weight is 414 g/mol. The molecule has 0 fully saturated rings. The Morgan fingerprint density at radius 1 is 1.17 bits per heavy atom. The molecule has 0 aliphatic carbocycles. The van der Waals surface area contributed by atoms with Crippen molar-refractivity contribution in [2.75, 3.05) is 11.5 Å². The van der Waals surface area contributed by atoms with Crippen molar-refractivity contribution in [1.29, 1.82) is 0 Å². The van der Waals surface area contributed by atoms with Gasteiger partial charge in [-0.3, -0.25) is 14.5 Å². The molecule has 1 aliphatic heterocycles. The third-order valence-corrected chi connectivity index (χ3v) is 4.98. The molecule has 1 N–H and O–H groups in total. The fourth-order valence-corrected chi connectivity index (χ4v) is 3.48. The Bertz CT molecular complexity index is 973. The van der Waals surface area contributed by atoms with E-state index in [2.05, 4.69) is 0 Å². The minimum Gasteiger partial charge on any atom is -0.503 e. The maximum atomic E-state index is 13.2. The Labute approximate surface area is 175 Å². The number of aliphatic hydroxyl groups excluding tert-OH is 1. The predicted molar refractivity (Wildman–Crippen MR) is 113 cm³/mol. The molecule has 1 unspecified atom stereocenters. The van der Waals surface area contributed by atoms with Gasteiger partial charge in [0.15, 0.2) is 11.5 Å². The summed E-state index contributed by atoms with van der Waals surface area (Å²) in [5.74, 6) is -0.826. The van der Waals surface area contributed by atoms with Crippen LogP contribution in [-0.2, 0) is 9.59 Å². The van der Waals surface area contributed by atoms with Gasteiger partial charge < -0.3 is 9.84 Å². The summed E-state index contributed by atoms with van der Waals surface area (Å²) in [6, 6.07) is 13.2. The Morgan fingerprint density at radius 3 is 2.41 bits per heavy atom. The number of nitrogens with zero attached hydrogens (tertiary/aromatic N) is 1. The number of hydrogen-bond acceptors (Lipinski definition) is 4. The lowest BCUT2D eigenvalue weighted by Crippen LogP contribution is -2.32. The monoisotopic (exact) mass is 413 g/mol. The van der Waals surface area contributed by atoms with Crippen molar-refractivity contribution in [3.63, 3.8) is 0 Å². The molecule has 3 rings (SSSR count). The van der Waals surface area contributed by atoms with Crippen molar-refractivity contribution in [2.45, 2.75) is 33.7 Å². The SMILES string of the molecule is CCOc1cccc(N2C(=O)C(O)=C(C(=O)C(C)(C)C)C2c2ccc(Cl)cc2)c1. The Kier molecular flexibility index (Phi) is 5.71. The zero-order chi connectivity index (χ0) is 21.3. The molecule has 0 spiro atoms. The highest BCUT2D eigenvalue weighted by atomic mass is 35.5. The molecule has 0 radical (unpaired) electrons. The number of anilines is 1. The highest BCUT2D eigenvalue weighted by Crippen LogP contribution is 2.44. The topological polar surface area (TPSA) is 66.8 Å². The maximum Gasteiger partial charge on any atom is 0.294 e. The van der Waals surface area contributed by atoms with E-state index in [4.69, 9.17) is 16.3 Å². The van der Waals surface area contributed by atoms with E-state index in [1.54, 1.807) is 69.3 Å². The summed E-state index contributed by atoms with van der Waals surface area (Å²) in [5.41, 5.74) is 0.536.